The topological polar surface area (TPSA) is 160 Å². The van der Waals surface area contributed by atoms with Crippen LogP contribution in [0.2, 0.25) is 0 Å². The SMILES string of the molecule is Nc1ncnc2c1ncn2[C@@H]1O[C@@]2(CO)CN(C(=O)O)C[C@@H]1[C@@H]2O. The average Bonchev–Trinajstić information content (AvgIpc) is 3.03. The quantitative estimate of drug-likeness (QED) is 0.519. The van der Waals surface area contributed by atoms with Crippen molar-refractivity contribution < 1.29 is 24.9 Å². The van der Waals surface area contributed by atoms with Gasteiger partial charge < -0.3 is 30.7 Å². The van der Waals surface area contributed by atoms with E-state index in [0.29, 0.717) is 11.2 Å². The van der Waals surface area contributed by atoms with Gasteiger partial charge in [0.2, 0.25) is 0 Å². The van der Waals surface area contributed by atoms with E-state index in [2.05, 4.69) is 15.0 Å². The molecule has 4 heterocycles. The number of carboxylic acid groups (broad SMARTS) is 1. The molecule has 0 aliphatic carbocycles. The minimum absolute atomic E-state index is 0.0726. The Kier molecular flexibility index (Phi) is 3.13. The zero-order chi connectivity index (χ0) is 17.1. The molecule has 2 aromatic heterocycles. The maximum Gasteiger partial charge on any atom is 0.407 e. The van der Waals surface area contributed by atoms with Crippen LogP contribution in [0.4, 0.5) is 10.6 Å². The second kappa shape index (κ2) is 5.00. The highest BCUT2D eigenvalue weighted by molar-refractivity contribution is 5.81. The number of rotatable bonds is 2. The van der Waals surface area contributed by atoms with Crippen molar-refractivity contribution in [1.29, 1.82) is 0 Å². The van der Waals surface area contributed by atoms with Crippen molar-refractivity contribution >= 4 is 23.1 Å². The fourth-order valence-electron chi connectivity index (χ4n) is 3.55. The molecule has 2 fully saturated rings. The Morgan fingerprint density at radius 2 is 2.25 bits per heavy atom. The highest BCUT2D eigenvalue weighted by Crippen LogP contribution is 2.46. The summed E-state index contributed by atoms with van der Waals surface area (Å²) in [5, 5.41) is 29.6. The summed E-state index contributed by atoms with van der Waals surface area (Å²) in [6.45, 7) is -0.547. The molecule has 5 N–H and O–H groups in total. The average molecular weight is 336 g/mol. The van der Waals surface area contributed by atoms with Crippen molar-refractivity contribution in [3.8, 4) is 0 Å². The first-order chi connectivity index (χ1) is 11.5. The Morgan fingerprint density at radius 3 is 2.96 bits per heavy atom. The first kappa shape index (κ1) is 15.1. The molecule has 128 valence electrons. The Hall–Kier alpha value is -2.50. The summed E-state index contributed by atoms with van der Waals surface area (Å²) in [5.74, 6) is -0.361. The number of aliphatic hydroxyl groups is 2. The lowest BCUT2D eigenvalue weighted by molar-refractivity contribution is -0.135. The minimum atomic E-state index is -1.37. The summed E-state index contributed by atoms with van der Waals surface area (Å²) in [4.78, 5) is 24.6. The second-order valence-corrected chi connectivity index (χ2v) is 6.09. The summed E-state index contributed by atoms with van der Waals surface area (Å²) in [6, 6.07) is 0. The molecule has 1 amide bonds. The summed E-state index contributed by atoms with van der Waals surface area (Å²) < 4.78 is 7.51. The predicted octanol–water partition coefficient (Wildman–Crippen LogP) is -1.36. The summed E-state index contributed by atoms with van der Waals surface area (Å²) in [6.07, 6.45) is -0.116. The number of imidazole rings is 1. The molecule has 2 aromatic rings. The van der Waals surface area contributed by atoms with Gasteiger partial charge in [-0.2, -0.15) is 0 Å². The molecule has 11 heteroatoms. The fourth-order valence-corrected chi connectivity index (χ4v) is 3.55. The van der Waals surface area contributed by atoms with Crippen molar-refractivity contribution in [2.24, 2.45) is 5.92 Å². The van der Waals surface area contributed by atoms with Gasteiger partial charge in [-0.15, -0.1) is 0 Å². The van der Waals surface area contributed by atoms with Gasteiger partial charge in [-0.3, -0.25) is 4.57 Å². The Bertz CT molecular complexity index is 811. The molecule has 2 saturated heterocycles. The molecule has 2 aliphatic heterocycles. The number of fused-ring (bicyclic) bond motifs is 3. The highest BCUT2D eigenvalue weighted by atomic mass is 16.6. The number of anilines is 1. The third kappa shape index (κ3) is 1.89. The number of carbonyl (C=O) groups is 1. The molecule has 2 bridgehead atoms. The monoisotopic (exact) mass is 336 g/mol. The van der Waals surface area contributed by atoms with Gasteiger partial charge in [0.05, 0.1) is 31.5 Å². The Balaban J connectivity index is 1.79. The fraction of sp³-hybridized carbons (Fsp3) is 0.538. The molecule has 11 nitrogen and oxygen atoms in total. The molecule has 24 heavy (non-hydrogen) atoms. The van der Waals surface area contributed by atoms with E-state index in [4.69, 9.17) is 10.5 Å². The predicted molar refractivity (Wildman–Crippen MR) is 78.8 cm³/mol. The zero-order valence-electron chi connectivity index (χ0n) is 12.5. The van der Waals surface area contributed by atoms with Gasteiger partial charge in [0.25, 0.3) is 0 Å². The Labute approximate surface area is 135 Å². The highest BCUT2D eigenvalue weighted by Gasteiger charge is 2.60. The van der Waals surface area contributed by atoms with E-state index < -0.39 is 36.6 Å². The lowest BCUT2D eigenvalue weighted by atomic mass is 9.85. The van der Waals surface area contributed by atoms with Gasteiger partial charge in [0, 0.05) is 6.54 Å². The number of piperidine rings is 1. The van der Waals surface area contributed by atoms with E-state index in [1.54, 1.807) is 4.57 Å². The van der Waals surface area contributed by atoms with Crippen LogP contribution in [0.25, 0.3) is 11.2 Å². The number of aromatic nitrogens is 4. The van der Waals surface area contributed by atoms with Gasteiger partial charge >= 0.3 is 6.09 Å². The van der Waals surface area contributed by atoms with Gasteiger partial charge in [0.1, 0.15) is 23.7 Å². The van der Waals surface area contributed by atoms with Crippen LogP contribution in [-0.4, -0.2) is 77.2 Å². The third-order valence-electron chi connectivity index (χ3n) is 4.76. The van der Waals surface area contributed by atoms with Crippen LogP contribution in [0.15, 0.2) is 12.7 Å². The third-order valence-corrected chi connectivity index (χ3v) is 4.76. The van der Waals surface area contributed by atoms with Crippen LogP contribution in [-0.2, 0) is 4.74 Å². The van der Waals surface area contributed by atoms with Crippen molar-refractivity contribution in [2.75, 3.05) is 25.4 Å². The molecule has 4 rings (SSSR count). The van der Waals surface area contributed by atoms with E-state index in [1.807, 2.05) is 0 Å². The molecule has 0 spiro atoms. The Morgan fingerprint density at radius 1 is 1.46 bits per heavy atom. The molecule has 0 unspecified atom stereocenters. The van der Waals surface area contributed by atoms with Crippen molar-refractivity contribution in [3.05, 3.63) is 12.7 Å². The number of likely N-dealkylation sites (tertiary alicyclic amines) is 1. The molecular formula is C13H16N6O5. The van der Waals surface area contributed by atoms with E-state index >= 15 is 0 Å². The summed E-state index contributed by atoms with van der Waals surface area (Å²) >= 11 is 0. The van der Waals surface area contributed by atoms with E-state index in [0.717, 1.165) is 4.90 Å². The number of ether oxygens (including phenoxy) is 1. The maximum absolute atomic E-state index is 11.3. The zero-order valence-corrected chi connectivity index (χ0v) is 12.5. The normalized spacial score (nSPS) is 32.4. The van der Waals surface area contributed by atoms with Crippen molar-refractivity contribution in [3.63, 3.8) is 0 Å². The van der Waals surface area contributed by atoms with Gasteiger partial charge in [-0.05, 0) is 0 Å². The smallest absolute Gasteiger partial charge is 0.407 e. The second-order valence-electron chi connectivity index (χ2n) is 6.09. The van der Waals surface area contributed by atoms with Crippen molar-refractivity contribution in [1.82, 2.24) is 24.4 Å². The standard InChI is InChI=1S/C13H16N6O5/c14-9-7-10(16-4-15-9)19(5-17-7)11-6-1-18(12(22)23)2-13(3-20,24-11)8(6)21/h4-6,8,11,20-21H,1-3H2,(H,22,23)(H2,14,15,16)/t6-,8+,11-,13-/m1/s1. The first-order valence-electron chi connectivity index (χ1n) is 7.34. The van der Waals surface area contributed by atoms with Crippen LogP contribution in [0.5, 0.6) is 0 Å². The van der Waals surface area contributed by atoms with Crippen LogP contribution in [0.1, 0.15) is 6.23 Å². The van der Waals surface area contributed by atoms with Crippen LogP contribution in [0.3, 0.4) is 0 Å². The molecule has 2 aliphatic rings. The van der Waals surface area contributed by atoms with Crippen LogP contribution in [0, 0.1) is 5.92 Å². The maximum atomic E-state index is 11.3. The van der Waals surface area contributed by atoms with E-state index in [1.165, 1.54) is 12.7 Å². The van der Waals surface area contributed by atoms with Crippen LogP contribution >= 0.6 is 0 Å². The van der Waals surface area contributed by atoms with Gasteiger partial charge in [-0.1, -0.05) is 0 Å². The summed E-state index contributed by atoms with van der Waals surface area (Å²) in [5.41, 5.74) is 5.21. The molecule has 0 aromatic carbocycles. The van der Waals surface area contributed by atoms with E-state index in [9.17, 15) is 20.1 Å². The van der Waals surface area contributed by atoms with Crippen molar-refractivity contribution in [2.45, 2.75) is 17.9 Å². The number of nitrogen functional groups attached to an aromatic ring is 1. The lowest BCUT2D eigenvalue weighted by Gasteiger charge is -2.39. The molecule has 0 radical (unpaired) electrons. The lowest BCUT2D eigenvalue weighted by Crippen LogP contribution is -2.60. The van der Waals surface area contributed by atoms with E-state index in [-0.39, 0.29) is 18.9 Å². The number of nitrogens with two attached hydrogens (primary N) is 1. The minimum Gasteiger partial charge on any atom is -0.465 e. The summed E-state index contributed by atoms with van der Waals surface area (Å²) in [7, 11) is 0. The van der Waals surface area contributed by atoms with Gasteiger partial charge in [-0.25, -0.2) is 19.7 Å². The largest absolute Gasteiger partial charge is 0.465 e. The molecule has 0 saturated carbocycles. The van der Waals surface area contributed by atoms with Crippen LogP contribution < -0.4 is 5.73 Å². The number of hydrogen-bond donors (Lipinski definition) is 4. The van der Waals surface area contributed by atoms with Gasteiger partial charge in [0.15, 0.2) is 11.5 Å². The number of nitrogens with zero attached hydrogens (tertiary/aromatic N) is 5. The number of aliphatic hydroxyl groups excluding tert-OH is 2. The number of hydrogen-bond acceptors (Lipinski definition) is 8. The molecular weight excluding hydrogens is 320 g/mol. The molecule has 4 atom stereocenters. The number of amides is 1. The first-order valence-corrected chi connectivity index (χ1v) is 7.34.